The highest BCUT2D eigenvalue weighted by Gasteiger charge is 2.32. The van der Waals surface area contributed by atoms with E-state index in [9.17, 15) is 13.2 Å². The number of sulfonamides is 1. The molecule has 158 valence electrons. The summed E-state index contributed by atoms with van der Waals surface area (Å²) >= 11 is 0. The van der Waals surface area contributed by atoms with Crippen LogP contribution in [0.5, 0.6) is 0 Å². The van der Waals surface area contributed by atoms with Crippen LogP contribution in [-0.4, -0.2) is 53.3 Å². The second-order valence-corrected chi connectivity index (χ2v) is 9.52. The van der Waals surface area contributed by atoms with E-state index >= 15 is 0 Å². The quantitative estimate of drug-likeness (QED) is 0.690. The van der Waals surface area contributed by atoms with Gasteiger partial charge in [0, 0.05) is 30.7 Å². The highest BCUT2D eigenvalue weighted by Crippen LogP contribution is 2.23. The smallest absolute Gasteiger partial charge is 0.275 e. The van der Waals surface area contributed by atoms with E-state index in [1.165, 1.54) is 16.4 Å². The lowest BCUT2D eigenvalue weighted by atomic mass is 10.3. The van der Waals surface area contributed by atoms with Crippen LogP contribution in [0.25, 0.3) is 5.65 Å². The van der Waals surface area contributed by atoms with Gasteiger partial charge >= 0.3 is 0 Å². The van der Waals surface area contributed by atoms with Crippen molar-refractivity contribution in [2.75, 3.05) is 18.4 Å². The number of carbonyl (C=O) groups is 1. The van der Waals surface area contributed by atoms with Gasteiger partial charge in [-0.15, -0.1) is 0 Å². The summed E-state index contributed by atoms with van der Waals surface area (Å²) < 4.78 is 34.8. The molecule has 2 atom stereocenters. The molecule has 0 bridgehead atoms. The van der Waals surface area contributed by atoms with Crippen LogP contribution in [0.3, 0.4) is 0 Å². The lowest BCUT2D eigenvalue weighted by Crippen LogP contribution is -2.48. The number of hydrogen-bond donors (Lipinski definition) is 1. The monoisotopic (exact) mass is 428 g/mol. The number of hydrogen-bond acceptors (Lipinski definition) is 5. The van der Waals surface area contributed by atoms with E-state index in [0.29, 0.717) is 24.4 Å². The van der Waals surface area contributed by atoms with Crippen LogP contribution >= 0.6 is 0 Å². The van der Waals surface area contributed by atoms with Gasteiger partial charge in [0.1, 0.15) is 11.3 Å². The Kier molecular flexibility index (Phi) is 5.35. The number of nitrogens with zero attached hydrogens (tertiary/aromatic N) is 3. The minimum Gasteiger partial charge on any atom is -0.373 e. The SMILES string of the molecule is Cc1cccc2nc(C(=O)Nc3ccc(S(=O)(=O)N4CC(C)OC(C)C4)cc3)cn12. The van der Waals surface area contributed by atoms with Gasteiger partial charge in [-0.1, -0.05) is 6.07 Å². The molecule has 1 N–H and O–H groups in total. The van der Waals surface area contributed by atoms with E-state index in [1.54, 1.807) is 18.3 Å². The molecule has 0 aliphatic carbocycles. The first-order valence-electron chi connectivity index (χ1n) is 9.76. The van der Waals surface area contributed by atoms with Crippen LogP contribution in [0.15, 0.2) is 53.6 Å². The fourth-order valence-corrected chi connectivity index (χ4v) is 5.23. The first-order valence-corrected chi connectivity index (χ1v) is 11.2. The zero-order valence-electron chi connectivity index (χ0n) is 17.1. The van der Waals surface area contributed by atoms with Gasteiger partial charge in [-0.05, 0) is 57.2 Å². The average Bonchev–Trinajstić information content (AvgIpc) is 3.14. The Labute approximate surface area is 175 Å². The minimum absolute atomic E-state index is 0.156. The standard InChI is InChI=1S/C21H24N4O4S/c1-14-5-4-6-20-23-19(13-25(14)20)21(26)22-17-7-9-18(10-8-17)30(27,28)24-11-15(2)29-16(3)12-24/h4-10,13,15-16H,11-12H2,1-3H3,(H,22,26). The number of fused-ring (bicyclic) bond motifs is 1. The lowest BCUT2D eigenvalue weighted by molar-refractivity contribution is -0.0440. The summed E-state index contributed by atoms with van der Waals surface area (Å²) in [4.78, 5) is 17.1. The Balaban J connectivity index is 1.50. The summed E-state index contributed by atoms with van der Waals surface area (Å²) in [5.41, 5.74) is 2.45. The number of nitrogens with one attached hydrogen (secondary N) is 1. The molecule has 1 aliphatic heterocycles. The number of carbonyl (C=O) groups excluding carboxylic acids is 1. The molecule has 1 saturated heterocycles. The van der Waals surface area contributed by atoms with Crippen molar-refractivity contribution in [2.24, 2.45) is 0 Å². The third-order valence-electron chi connectivity index (χ3n) is 5.06. The molecule has 3 aromatic rings. The Hall–Kier alpha value is -2.75. The molecule has 1 aromatic carbocycles. The molecule has 3 heterocycles. The van der Waals surface area contributed by atoms with Crippen LogP contribution in [-0.2, 0) is 14.8 Å². The van der Waals surface area contributed by atoms with Crippen LogP contribution in [0.2, 0.25) is 0 Å². The maximum Gasteiger partial charge on any atom is 0.275 e. The molecule has 1 amide bonds. The second-order valence-electron chi connectivity index (χ2n) is 7.58. The van der Waals surface area contributed by atoms with E-state index < -0.39 is 10.0 Å². The van der Waals surface area contributed by atoms with Crippen molar-refractivity contribution >= 4 is 27.3 Å². The van der Waals surface area contributed by atoms with E-state index in [2.05, 4.69) is 10.3 Å². The van der Waals surface area contributed by atoms with E-state index in [4.69, 9.17) is 4.74 Å². The summed E-state index contributed by atoms with van der Waals surface area (Å²) in [5, 5.41) is 2.77. The maximum absolute atomic E-state index is 12.9. The van der Waals surface area contributed by atoms with Gasteiger partial charge in [0.2, 0.25) is 10.0 Å². The molecule has 9 heteroatoms. The van der Waals surface area contributed by atoms with Crippen LogP contribution in [0.4, 0.5) is 5.69 Å². The Morgan fingerprint density at radius 1 is 1.10 bits per heavy atom. The zero-order valence-corrected chi connectivity index (χ0v) is 17.9. The zero-order chi connectivity index (χ0) is 21.5. The molecule has 1 aliphatic rings. The highest BCUT2D eigenvalue weighted by molar-refractivity contribution is 7.89. The molecule has 4 rings (SSSR count). The predicted molar refractivity (Wildman–Crippen MR) is 113 cm³/mol. The van der Waals surface area contributed by atoms with Crippen molar-refractivity contribution in [1.29, 1.82) is 0 Å². The third kappa shape index (κ3) is 3.96. The summed E-state index contributed by atoms with van der Waals surface area (Å²) in [7, 11) is -3.62. The molecular formula is C21H24N4O4S. The number of anilines is 1. The minimum atomic E-state index is -3.62. The van der Waals surface area contributed by atoms with Crippen molar-refractivity contribution in [2.45, 2.75) is 37.9 Å². The number of aromatic nitrogens is 2. The number of pyridine rings is 1. The van der Waals surface area contributed by atoms with Gasteiger partial charge in [0.25, 0.3) is 5.91 Å². The number of amides is 1. The normalized spacial score (nSPS) is 20.4. The lowest BCUT2D eigenvalue weighted by Gasteiger charge is -2.34. The van der Waals surface area contributed by atoms with Gasteiger partial charge in [0.05, 0.1) is 17.1 Å². The van der Waals surface area contributed by atoms with Crippen LogP contribution in [0, 0.1) is 6.92 Å². The van der Waals surface area contributed by atoms with Crippen molar-refractivity contribution in [3.05, 3.63) is 60.0 Å². The molecular weight excluding hydrogens is 404 g/mol. The first kappa shape index (κ1) is 20.5. The van der Waals surface area contributed by atoms with Crippen molar-refractivity contribution in [3.8, 4) is 0 Å². The first-order chi connectivity index (χ1) is 14.2. The predicted octanol–water partition coefficient (Wildman–Crippen LogP) is 2.69. The highest BCUT2D eigenvalue weighted by atomic mass is 32.2. The van der Waals surface area contributed by atoms with Gasteiger partial charge < -0.3 is 14.5 Å². The van der Waals surface area contributed by atoms with Crippen molar-refractivity contribution in [1.82, 2.24) is 13.7 Å². The molecule has 8 nitrogen and oxygen atoms in total. The van der Waals surface area contributed by atoms with Crippen molar-refractivity contribution in [3.63, 3.8) is 0 Å². The molecule has 2 aromatic heterocycles. The largest absolute Gasteiger partial charge is 0.373 e. The van der Waals surface area contributed by atoms with E-state index in [0.717, 1.165) is 5.69 Å². The maximum atomic E-state index is 12.9. The number of aryl methyl sites for hydroxylation is 1. The number of rotatable bonds is 4. The van der Waals surface area contributed by atoms with Gasteiger partial charge in [0.15, 0.2) is 0 Å². The van der Waals surface area contributed by atoms with Crippen molar-refractivity contribution < 1.29 is 17.9 Å². The second kappa shape index (κ2) is 7.82. The third-order valence-corrected chi connectivity index (χ3v) is 6.91. The summed E-state index contributed by atoms with van der Waals surface area (Å²) in [6, 6.07) is 11.8. The van der Waals surface area contributed by atoms with Gasteiger partial charge in [-0.25, -0.2) is 13.4 Å². The topological polar surface area (TPSA) is 93.0 Å². The molecule has 2 unspecified atom stereocenters. The van der Waals surface area contributed by atoms with Gasteiger partial charge in [-0.3, -0.25) is 4.79 Å². The van der Waals surface area contributed by atoms with Crippen LogP contribution < -0.4 is 5.32 Å². The fraction of sp³-hybridized carbons (Fsp3) is 0.333. The van der Waals surface area contributed by atoms with E-state index in [1.807, 2.05) is 43.4 Å². The average molecular weight is 429 g/mol. The number of morpholine rings is 1. The Morgan fingerprint density at radius 3 is 2.40 bits per heavy atom. The molecule has 0 saturated carbocycles. The van der Waals surface area contributed by atoms with E-state index in [-0.39, 0.29) is 28.7 Å². The number of benzene rings is 1. The fourth-order valence-electron chi connectivity index (χ4n) is 3.64. The van der Waals surface area contributed by atoms with Crippen LogP contribution in [0.1, 0.15) is 30.0 Å². The molecule has 30 heavy (non-hydrogen) atoms. The number of ether oxygens (including phenoxy) is 1. The molecule has 0 spiro atoms. The Bertz CT molecular complexity index is 1180. The molecule has 0 radical (unpaired) electrons. The Morgan fingerprint density at radius 2 is 1.77 bits per heavy atom. The summed E-state index contributed by atoms with van der Waals surface area (Å²) in [6.45, 7) is 6.29. The number of imidazole rings is 1. The molecule has 1 fully saturated rings. The summed E-state index contributed by atoms with van der Waals surface area (Å²) in [5.74, 6) is -0.357. The van der Waals surface area contributed by atoms with Gasteiger partial charge in [-0.2, -0.15) is 4.31 Å². The summed E-state index contributed by atoms with van der Waals surface area (Å²) in [6.07, 6.45) is 1.37.